The van der Waals surface area contributed by atoms with E-state index in [9.17, 15) is 14.9 Å². The second-order valence-electron chi connectivity index (χ2n) is 11.8. The largest absolute Gasteiger partial charge is 0.493 e. The van der Waals surface area contributed by atoms with Gasteiger partial charge in [-0.3, -0.25) is 14.9 Å². The Bertz CT molecular complexity index is 1690. The molecule has 0 aliphatic heterocycles. The molecule has 0 saturated carbocycles. The zero-order valence-corrected chi connectivity index (χ0v) is 26.6. The number of nitrogens with zero attached hydrogens (tertiary/aromatic N) is 2. The molecule has 3 aromatic carbocycles. The molecule has 5 rings (SSSR count). The van der Waals surface area contributed by atoms with E-state index in [4.69, 9.17) is 26.1 Å². The second-order valence-corrected chi connectivity index (χ2v) is 13.4. The topological polar surface area (TPSA) is 103 Å². The quantitative estimate of drug-likeness (QED) is 0.113. The van der Waals surface area contributed by atoms with Crippen LogP contribution in [0.4, 0.5) is 16.4 Å². The third-order valence-electron chi connectivity index (χ3n) is 7.86. The van der Waals surface area contributed by atoms with Crippen LogP contribution in [0.5, 0.6) is 11.5 Å². The molecule has 1 heterocycles. The number of hydrogen-bond donors (Lipinski definition) is 1. The molecule has 8 nitrogen and oxygen atoms in total. The summed E-state index contributed by atoms with van der Waals surface area (Å²) in [5.74, 6) is 1.40. The van der Waals surface area contributed by atoms with Gasteiger partial charge in [-0.1, -0.05) is 32.4 Å². The number of methoxy groups -OCH3 is 1. The lowest BCUT2D eigenvalue weighted by atomic mass is 9.72. The second kappa shape index (κ2) is 13.2. The molecule has 228 valence electrons. The Hall–Kier alpha value is -4.21. The number of fused-ring (bicyclic) bond motifs is 1. The molecule has 0 radical (unpaired) electrons. The van der Waals surface area contributed by atoms with Gasteiger partial charge < -0.3 is 14.8 Å². The molecule has 4 aromatic rings. The highest BCUT2D eigenvalue weighted by Crippen LogP contribution is 2.45. The number of rotatable bonds is 9. The summed E-state index contributed by atoms with van der Waals surface area (Å²) in [6.07, 6.45) is 4.52. The van der Waals surface area contributed by atoms with Crippen molar-refractivity contribution in [1.82, 2.24) is 0 Å². The molecule has 1 N–H and O–H groups in total. The third kappa shape index (κ3) is 7.29. The van der Waals surface area contributed by atoms with E-state index in [0.717, 1.165) is 36.0 Å². The zero-order valence-electron chi connectivity index (χ0n) is 25.1. The van der Waals surface area contributed by atoms with Crippen LogP contribution >= 0.6 is 22.9 Å². The standard InChI is InChI=1S/C34H34ClN3O5S/c1-34(2,3)23-8-15-27-30(18-23)44-33(31(27)32(39)37-25-11-9-24(35)10-12-25)36-19-22-7-16-28(29(17-22)42-4)43-20-21-5-13-26(14-6-21)38(40)41/h5-7,9-14,16-17,19,23H,8,15,18,20H2,1-4H3,(H,37,39)/t23-/m1/s1. The Morgan fingerprint density at radius 1 is 1.11 bits per heavy atom. The molecule has 0 spiro atoms. The van der Waals surface area contributed by atoms with Crippen LogP contribution < -0.4 is 14.8 Å². The fourth-order valence-corrected chi connectivity index (χ4v) is 6.65. The van der Waals surface area contributed by atoms with E-state index in [1.165, 1.54) is 17.0 Å². The van der Waals surface area contributed by atoms with E-state index >= 15 is 0 Å². The van der Waals surface area contributed by atoms with Crippen LogP contribution in [0, 0.1) is 21.4 Å². The Morgan fingerprint density at radius 2 is 1.84 bits per heavy atom. The van der Waals surface area contributed by atoms with Gasteiger partial charge in [-0.05, 0) is 102 Å². The molecule has 1 aliphatic carbocycles. The lowest BCUT2D eigenvalue weighted by Crippen LogP contribution is -2.27. The summed E-state index contributed by atoms with van der Waals surface area (Å²) in [6.45, 7) is 7.05. The molecule has 0 unspecified atom stereocenters. The first-order valence-corrected chi connectivity index (χ1v) is 15.5. The zero-order chi connectivity index (χ0) is 31.4. The molecule has 0 saturated heterocycles. The van der Waals surface area contributed by atoms with Crippen molar-refractivity contribution >= 4 is 51.4 Å². The van der Waals surface area contributed by atoms with Gasteiger partial charge in [0.05, 0.1) is 17.6 Å². The van der Waals surface area contributed by atoms with Crippen molar-refractivity contribution < 1.29 is 19.2 Å². The number of non-ortho nitro benzene ring substituents is 1. The molecule has 1 amide bonds. The Morgan fingerprint density at radius 3 is 2.50 bits per heavy atom. The van der Waals surface area contributed by atoms with Crippen LogP contribution in [0.25, 0.3) is 0 Å². The Kier molecular flexibility index (Phi) is 9.36. The first-order chi connectivity index (χ1) is 21.0. The monoisotopic (exact) mass is 631 g/mol. The smallest absolute Gasteiger partial charge is 0.269 e. The van der Waals surface area contributed by atoms with Crippen LogP contribution in [0.3, 0.4) is 0 Å². The number of nitrogens with one attached hydrogen (secondary N) is 1. The van der Waals surface area contributed by atoms with Crippen molar-refractivity contribution in [1.29, 1.82) is 0 Å². The molecule has 10 heteroatoms. The van der Waals surface area contributed by atoms with Gasteiger partial charge in [0.2, 0.25) is 0 Å². The predicted molar refractivity (Wildman–Crippen MR) is 176 cm³/mol. The first-order valence-electron chi connectivity index (χ1n) is 14.3. The Balaban J connectivity index is 1.39. The lowest BCUT2D eigenvalue weighted by molar-refractivity contribution is -0.384. The van der Waals surface area contributed by atoms with Gasteiger partial charge in [-0.25, -0.2) is 4.99 Å². The Labute approximate surface area is 265 Å². The highest BCUT2D eigenvalue weighted by Gasteiger charge is 2.33. The fourth-order valence-electron chi connectivity index (χ4n) is 5.25. The van der Waals surface area contributed by atoms with Crippen LogP contribution in [-0.4, -0.2) is 24.2 Å². The van der Waals surface area contributed by atoms with Gasteiger partial charge in [0, 0.05) is 33.9 Å². The summed E-state index contributed by atoms with van der Waals surface area (Å²) in [4.78, 5) is 30.2. The van der Waals surface area contributed by atoms with Gasteiger partial charge in [0.15, 0.2) is 11.5 Å². The number of aliphatic imine (C=N–C) groups is 1. The number of hydrogen-bond acceptors (Lipinski definition) is 7. The van der Waals surface area contributed by atoms with E-state index in [0.29, 0.717) is 38.7 Å². The maximum Gasteiger partial charge on any atom is 0.269 e. The minimum absolute atomic E-state index is 0.0289. The molecule has 0 fully saturated rings. The van der Waals surface area contributed by atoms with Crippen molar-refractivity contribution in [3.8, 4) is 11.5 Å². The number of halogens is 1. The van der Waals surface area contributed by atoms with Crippen LogP contribution in [-0.2, 0) is 19.4 Å². The summed E-state index contributed by atoms with van der Waals surface area (Å²) in [5.41, 5.74) is 4.17. The van der Waals surface area contributed by atoms with Crippen molar-refractivity contribution in [3.63, 3.8) is 0 Å². The highest BCUT2D eigenvalue weighted by molar-refractivity contribution is 7.16. The fraction of sp³-hybridized carbons (Fsp3) is 0.294. The van der Waals surface area contributed by atoms with Crippen molar-refractivity contribution in [3.05, 3.63) is 109 Å². The third-order valence-corrected chi connectivity index (χ3v) is 9.27. The number of ether oxygens (including phenoxy) is 2. The predicted octanol–water partition coefficient (Wildman–Crippen LogP) is 9.05. The number of nitro groups is 1. The van der Waals surface area contributed by atoms with Crippen molar-refractivity contribution in [2.75, 3.05) is 12.4 Å². The molecular formula is C34H34ClN3O5S. The number of nitro benzene ring substituents is 1. The van der Waals surface area contributed by atoms with Crippen LogP contribution in [0.15, 0.2) is 71.7 Å². The summed E-state index contributed by atoms with van der Waals surface area (Å²) >= 11 is 7.63. The van der Waals surface area contributed by atoms with E-state index in [1.54, 1.807) is 67.1 Å². The number of thiophene rings is 1. The lowest BCUT2D eigenvalue weighted by Gasteiger charge is -2.33. The van der Waals surface area contributed by atoms with E-state index in [1.807, 2.05) is 12.1 Å². The maximum atomic E-state index is 13.6. The van der Waals surface area contributed by atoms with Gasteiger partial charge in [0.1, 0.15) is 11.6 Å². The maximum absolute atomic E-state index is 13.6. The number of carbonyl (C=O) groups excluding carboxylic acids is 1. The molecule has 1 aromatic heterocycles. The van der Waals surface area contributed by atoms with Crippen LogP contribution in [0.2, 0.25) is 5.02 Å². The van der Waals surface area contributed by atoms with Crippen molar-refractivity contribution in [2.45, 2.75) is 46.6 Å². The summed E-state index contributed by atoms with van der Waals surface area (Å²) in [6, 6.07) is 18.8. The number of anilines is 1. The van der Waals surface area contributed by atoms with Gasteiger partial charge in [0.25, 0.3) is 11.6 Å². The van der Waals surface area contributed by atoms with Gasteiger partial charge >= 0.3 is 0 Å². The first kappa shape index (κ1) is 31.2. The average Bonchev–Trinajstić information content (AvgIpc) is 3.38. The highest BCUT2D eigenvalue weighted by atomic mass is 35.5. The van der Waals surface area contributed by atoms with Crippen molar-refractivity contribution in [2.24, 2.45) is 16.3 Å². The van der Waals surface area contributed by atoms with E-state index in [2.05, 4.69) is 26.1 Å². The van der Waals surface area contributed by atoms with E-state index < -0.39 is 4.92 Å². The number of amides is 1. The van der Waals surface area contributed by atoms with Crippen LogP contribution in [0.1, 0.15) is 59.1 Å². The molecule has 1 aliphatic rings. The number of carbonyl (C=O) groups is 1. The van der Waals surface area contributed by atoms with Gasteiger partial charge in [-0.2, -0.15) is 0 Å². The molecule has 1 atom stereocenters. The van der Waals surface area contributed by atoms with E-state index in [-0.39, 0.29) is 23.6 Å². The van der Waals surface area contributed by atoms with Gasteiger partial charge in [-0.15, -0.1) is 11.3 Å². The SMILES string of the molecule is COc1cc(C=Nc2sc3c(c2C(=O)Nc2ccc(Cl)cc2)CC[C@@H](C(C)(C)C)C3)ccc1OCc1ccc([N+](=O)[O-])cc1. The number of benzene rings is 3. The molecular weight excluding hydrogens is 598 g/mol. The summed E-state index contributed by atoms with van der Waals surface area (Å²) in [7, 11) is 1.56. The minimum Gasteiger partial charge on any atom is -0.493 e. The molecule has 44 heavy (non-hydrogen) atoms. The average molecular weight is 632 g/mol. The molecule has 0 bridgehead atoms. The normalized spacial score (nSPS) is 14.7. The summed E-state index contributed by atoms with van der Waals surface area (Å²) < 4.78 is 11.5. The summed E-state index contributed by atoms with van der Waals surface area (Å²) in [5, 5.41) is 15.2. The minimum atomic E-state index is -0.434.